The van der Waals surface area contributed by atoms with E-state index in [2.05, 4.69) is 5.32 Å². The van der Waals surface area contributed by atoms with Gasteiger partial charge in [0.05, 0.1) is 0 Å². The van der Waals surface area contributed by atoms with Gasteiger partial charge in [-0.15, -0.1) is 0 Å². The highest BCUT2D eigenvalue weighted by atomic mass is 16.4. The average molecular weight is 144 g/mol. The average Bonchev–Trinajstić information content (AvgIpc) is 1.57. The zero-order valence-electron chi connectivity index (χ0n) is 5.92. The van der Waals surface area contributed by atoms with E-state index in [1.54, 1.807) is 0 Å². The lowest BCUT2D eigenvalue weighted by Crippen LogP contribution is -2.59. The monoisotopic (exact) mass is 144 g/mol. The minimum Gasteiger partial charge on any atom is -0.465 e. The van der Waals surface area contributed by atoms with Crippen LogP contribution in [0, 0.1) is 0 Å². The molecule has 4 nitrogen and oxygen atoms in total. The van der Waals surface area contributed by atoms with Gasteiger partial charge in [-0.3, -0.25) is 0 Å². The molecule has 0 radical (unpaired) electrons. The molecule has 1 fully saturated rings. The van der Waals surface area contributed by atoms with E-state index in [-0.39, 0.29) is 11.6 Å². The minimum absolute atomic E-state index is 0.178. The molecule has 0 heterocycles. The van der Waals surface area contributed by atoms with Crippen LogP contribution in [0.4, 0.5) is 4.79 Å². The first-order chi connectivity index (χ1) is 4.52. The second-order valence-electron chi connectivity index (χ2n) is 3.16. The van der Waals surface area contributed by atoms with Crippen molar-refractivity contribution in [2.24, 2.45) is 5.73 Å². The fraction of sp³-hybridized carbons (Fsp3) is 0.833. The predicted molar refractivity (Wildman–Crippen MR) is 36.8 cm³/mol. The summed E-state index contributed by atoms with van der Waals surface area (Å²) in [5.41, 5.74) is 5.24. The van der Waals surface area contributed by atoms with Crippen molar-refractivity contribution >= 4 is 6.09 Å². The Balaban J connectivity index is 2.34. The topological polar surface area (TPSA) is 75.3 Å². The second-order valence-corrected chi connectivity index (χ2v) is 3.16. The highest BCUT2D eigenvalue weighted by Crippen LogP contribution is 2.29. The fourth-order valence-electron chi connectivity index (χ4n) is 1.46. The van der Waals surface area contributed by atoms with Gasteiger partial charge in [-0.25, -0.2) is 4.79 Å². The lowest BCUT2D eigenvalue weighted by molar-refractivity contribution is 0.142. The van der Waals surface area contributed by atoms with E-state index in [9.17, 15) is 4.79 Å². The van der Waals surface area contributed by atoms with Gasteiger partial charge in [0.2, 0.25) is 0 Å². The fourth-order valence-corrected chi connectivity index (χ4v) is 1.46. The van der Waals surface area contributed by atoms with E-state index >= 15 is 0 Å². The molecule has 1 rings (SSSR count). The van der Waals surface area contributed by atoms with Gasteiger partial charge in [-0.1, -0.05) is 0 Å². The molecule has 58 valence electrons. The van der Waals surface area contributed by atoms with Crippen LogP contribution in [0.1, 0.15) is 19.8 Å². The van der Waals surface area contributed by atoms with Crippen molar-refractivity contribution in [3.8, 4) is 0 Å². The number of carbonyl (C=O) groups is 1. The summed E-state index contributed by atoms with van der Waals surface area (Å²) in [5.74, 6) is 0. The van der Waals surface area contributed by atoms with Crippen molar-refractivity contribution in [1.29, 1.82) is 0 Å². The Morgan fingerprint density at radius 2 is 2.30 bits per heavy atom. The molecule has 0 spiro atoms. The van der Waals surface area contributed by atoms with Crippen LogP contribution in [0.5, 0.6) is 0 Å². The van der Waals surface area contributed by atoms with E-state index in [1.165, 1.54) is 0 Å². The van der Waals surface area contributed by atoms with Gasteiger partial charge in [0.15, 0.2) is 0 Å². The van der Waals surface area contributed by atoms with Crippen LogP contribution < -0.4 is 11.1 Å². The highest BCUT2D eigenvalue weighted by Gasteiger charge is 2.39. The summed E-state index contributed by atoms with van der Waals surface area (Å²) < 4.78 is 0. The lowest BCUT2D eigenvalue weighted by atomic mass is 9.75. The van der Waals surface area contributed by atoms with Gasteiger partial charge in [0.25, 0.3) is 0 Å². The van der Waals surface area contributed by atoms with Crippen LogP contribution in [-0.4, -0.2) is 22.8 Å². The zero-order chi connectivity index (χ0) is 7.78. The van der Waals surface area contributed by atoms with Crippen molar-refractivity contribution in [1.82, 2.24) is 5.32 Å². The molecule has 0 atom stereocenters. The molecule has 1 saturated carbocycles. The third-order valence-corrected chi connectivity index (χ3v) is 1.83. The molecular weight excluding hydrogens is 132 g/mol. The van der Waals surface area contributed by atoms with E-state index in [0.717, 1.165) is 12.8 Å². The molecule has 10 heavy (non-hydrogen) atoms. The third-order valence-electron chi connectivity index (χ3n) is 1.83. The van der Waals surface area contributed by atoms with Crippen LogP contribution >= 0.6 is 0 Å². The van der Waals surface area contributed by atoms with E-state index in [0.29, 0.717) is 0 Å². The maximum atomic E-state index is 10.2. The number of rotatable bonds is 1. The standard InChI is InChI=1S/C6H12N2O2/c1-6(8-5(9)10)2-4(7)3-6/h4,8H,2-3,7H2,1H3,(H,9,10)/t4-,6+. The van der Waals surface area contributed by atoms with Gasteiger partial charge in [0, 0.05) is 11.6 Å². The van der Waals surface area contributed by atoms with Crippen LogP contribution in [0.3, 0.4) is 0 Å². The molecule has 1 aliphatic carbocycles. The minimum atomic E-state index is -0.964. The molecule has 1 aliphatic rings. The van der Waals surface area contributed by atoms with Crippen LogP contribution in [0.2, 0.25) is 0 Å². The Bertz CT molecular complexity index is 152. The summed E-state index contributed by atoms with van der Waals surface area (Å²) in [6, 6.07) is 0.178. The normalized spacial score (nSPS) is 38.4. The van der Waals surface area contributed by atoms with Crippen LogP contribution in [0.15, 0.2) is 0 Å². The first-order valence-corrected chi connectivity index (χ1v) is 3.28. The van der Waals surface area contributed by atoms with Gasteiger partial charge >= 0.3 is 6.09 Å². The van der Waals surface area contributed by atoms with Crippen molar-refractivity contribution in [2.45, 2.75) is 31.3 Å². The molecule has 0 aromatic carbocycles. The Morgan fingerprint density at radius 1 is 1.80 bits per heavy atom. The molecule has 0 unspecified atom stereocenters. The molecule has 0 aromatic heterocycles. The summed E-state index contributed by atoms with van der Waals surface area (Å²) in [5, 5.41) is 10.8. The largest absolute Gasteiger partial charge is 0.465 e. The predicted octanol–water partition coefficient (Wildman–Crippen LogP) is 0.134. The van der Waals surface area contributed by atoms with Crippen LogP contribution in [-0.2, 0) is 0 Å². The molecular formula is C6H12N2O2. The summed E-state index contributed by atoms with van der Waals surface area (Å²) in [6.45, 7) is 1.87. The van der Waals surface area contributed by atoms with Gasteiger partial charge in [0.1, 0.15) is 0 Å². The number of nitrogens with one attached hydrogen (secondary N) is 1. The molecule has 1 amide bonds. The summed E-state index contributed by atoms with van der Waals surface area (Å²) in [7, 11) is 0. The highest BCUT2D eigenvalue weighted by molar-refractivity contribution is 5.65. The van der Waals surface area contributed by atoms with Crippen molar-refractivity contribution in [3.05, 3.63) is 0 Å². The smallest absolute Gasteiger partial charge is 0.405 e. The van der Waals surface area contributed by atoms with Crippen molar-refractivity contribution < 1.29 is 9.90 Å². The number of nitrogens with two attached hydrogens (primary N) is 1. The maximum absolute atomic E-state index is 10.2. The zero-order valence-corrected chi connectivity index (χ0v) is 5.92. The van der Waals surface area contributed by atoms with E-state index < -0.39 is 6.09 Å². The second kappa shape index (κ2) is 2.12. The number of hydrogen-bond acceptors (Lipinski definition) is 2. The van der Waals surface area contributed by atoms with Gasteiger partial charge in [-0.2, -0.15) is 0 Å². The van der Waals surface area contributed by atoms with Crippen molar-refractivity contribution in [2.75, 3.05) is 0 Å². The van der Waals surface area contributed by atoms with Gasteiger partial charge < -0.3 is 16.2 Å². The first-order valence-electron chi connectivity index (χ1n) is 3.28. The summed E-state index contributed by atoms with van der Waals surface area (Å²) in [6.07, 6.45) is 0.535. The van der Waals surface area contributed by atoms with Gasteiger partial charge in [-0.05, 0) is 19.8 Å². The van der Waals surface area contributed by atoms with E-state index in [1.807, 2.05) is 6.92 Å². The lowest BCUT2D eigenvalue weighted by Gasteiger charge is -2.42. The van der Waals surface area contributed by atoms with E-state index in [4.69, 9.17) is 10.8 Å². The van der Waals surface area contributed by atoms with Crippen LogP contribution in [0.25, 0.3) is 0 Å². The molecule has 4 N–H and O–H groups in total. The molecule has 4 heteroatoms. The van der Waals surface area contributed by atoms with Crippen molar-refractivity contribution in [3.63, 3.8) is 0 Å². The Hall–Kier alpha value is -0.770. The Kier molecular flexibility index (Phi) is 1.56. The third kappa shape index (κ3) is 1.39. The Labute approximate surface area is 59.4 Å². The maximum Gasteiger partial charge on any atom is 0.405 e. The molecule has 0 aromatic rings. The number of carboxylic acid groups (broad SMARTS) is 1. The molecule has 0 bridgehead atoms. The SMILES string of the molecule is C[C@]1(NC(=O)O)C[C@@H](N)C1. The Morgan fingerprint density at radius 3 is 2.60 bits per heavy atom. The molecule has 0 saturated heterocycles. The quantitative estimate of drug-likeness (QED) is 0.489. The first kappa shape index (κ1) is 7.34. The summed E-state index contributed by atoms with van der Waals surface area (Å²) in [4.78, 5) is 10.2. The molecule has 0 aliphatic heterocycles. The number of hydrogen-bond donors (Lipinski definition) is 3. The number of amides is 1. The summed E-state index contributed by atoms with van der Waals surface area (Å²) >= 11 is 0.